The van der Waals surface area contributed by atoms with Crippen molar-refractivity contribution in [1.82, 2.24) is 15.5 Å². The fourth-order valence-electron chi connectivity index (χ4n) is 1.73. The fraction of sp³-hybridized carbons (Fsp3) is 0.727. The molecule has 0 saturated heterocycles. The molecule has 0 bridgehead atoms. The molecule has 5 nitrogen and oxygen atoms in total. The number of amides is 1. The summed E-state index contributed by atoms with van der Waals surface area (Å²) in [5, 5.41) is 14.7. The average molecular weight is 256 g/mol. The highest BCUT2D eigenvalue weighted by Crippen LogP contribution is 2.21. The lowest BCUT2D eigenvalue weighted by atomic mass is 9.90. The Morgan fingerprint density at radius 3 is 2.24 bits per heavy atom. The van der Waals surface area contributed by atoms with E-state index in [4.69, 9.17) is 0 Å². The third-order valence-corrected chi connectivity index (χ3v) is 4.18. The van der Waals surface area contributed by atoms with Gasteiger partial charge in [-0.05, 0) is 19.3 Å². The lowest BCUT2D eigenvalue weighted by Crippen LogP contribution is -2.47. The van der Waals surface area contributed by atoms with Crippen LogP contribution in [0.15, 0.2) is 0 Å². The largest absolute Gasteiger partial charge is 0.363 e. The van der Waals surface area contributed by atoms with Gasteiger partial charge in [-0.1, -0.05) is 32.1 Å². The van der Waals surface area contributed by atoms with Crippen LogP contribution < -0.4 is 10.6 Å². The van der Waals surface area contributed by atoms with Gasteiger partial charge in [-0.25, -0.2) is 0 Å². The van der Waals surface area contributed by atoms with Crippen LogP contribution in [0.5, 0.6) is 0 Å². The highest BCUT2D eigenvalue weighted by molar-refractivity contribution is 7.17. The lowest BCUT2D eigenvalue weighted by Gasteiger charge is -2.31. The molecule has 17 heavy (non-hydrogen) atoms. The van der Waals surface area contributed by atoms with Gasteiger partial charge in [0.25, 0.3) is 5.91 Å². The molecule has 6 heteroatoms. The maximum atomic E-state index is 12.0. The van der Waals surface area contributed by atoms with Crippen LogP contribution in [0.4, 0.5) is 5.13 Å². The third kappa shape index (κ3) is 3.15. The Labute approximate surface area is 106 Å². The lowest BCUT2D eigenvalue weighted by molar-refractivity contribution is 0.0887. The topological polar surface area (TPSA) is 66.9 Å². The van der Waals surface area contributed by atoms with Crippen molar-refractivity contribution < 1.29 is 4.79 Å². The SMILES string of the molecule is CCC(CC)(CC)NC(=O)c1nnc(NC)s1. The molecule has 1 aromatic heterocycles. The highest BCUT2D eigenvalue weighted by Gasteiger charge is 2.27. The first-order chi connectivity index (χ1) is 8.10. The number of nitrogens with one attached hydrogen (secondary N) is 2. The van der Waals surface area contributed by atoms with Crippen molar-refractivity contribution in [2.45, 2.75) is 45.6 Å². The fourth-order valence-corrected chi connectivity index (χ4v) is 2.32. The van der Waals surface area contributed by atoms with Crippen molar-refractivity contribution in [3.8, 4) is 0 Å². The van der Waals surface area contributed by atoms with Gasteiger partial charge in [0.15, 0.2) is 0 Å². The Morgan fingerprint density at radius 1 is 1.24 bits per heavy atom. The van der Waals surface area contributed by atoms with E-state index in [0.717, 1.165) is 19.3 Å². The predicted molar refractivity (Wildman–Crippen MR) is 70.5 cm³/mol. The first-order valence-electron chi connectivity index (χ1n) is 5.94. The molecule has 0 unspecified atom stereocenters. The molecular formula is C11H20N4OS. The molecule has 0 atom stereocenters. The van der Waals surface area contributed by atoms with Crippen LogP contribution in [-0.4, -0.2) is 28.7 Å². The molecule has 0 radical (unpaired) electrons. The first kappa shape index (κ1) is 13.9. The van der Waals surface area contributed by atoms with Crippen molar-refractivity contribution in [2.24, 2.45) is 0 Å². The van der Waals surface area contributed by atoms with E-state index in [9.17, 15) is 4.79 Å². The van der Waals surface area contributed by atoms with E-state index in [1.165, 1.54) is 11.3 Å². The van der Waals surface area contributed by atoms with Gasteiger partial charge in [0.2, 0.25) is 10.1 Å². The summed E-state index contributed by atoms with van der Waals surface area (Å²) in [5.41, 5.74) is -0.122. The van der Waals surface area contributed by atoms with Gasteiger partial charge >= 0.3 is 0 Å². The predicted octanol–water partition coefficient (Wildman–Crippen LogP) is 2.28. The Hall–Kier alpha value is -1.17. The molecule has 1 rings (SSSR count). The summed E-state index contributed by atoms with van der Waals surface area (Å²) in [6.45, 7) is 6.27. The molecule has 0 aliphatic rings. The van der Waals surface area contributed by atoms with E-state index in [1.54, 1.807) is 7.05 Å². The molecule has 0 aliphatic carbocycles. The summed E-state index contributed by atoms with van der Waals surface area (Å²) in [4.78, 5) is 12.0. The van der Waals surface area contributed by atoms with Gasteiger partial charge in [-0.2, -0.15) is 0 Å². The molecule has 0 aromatic carbocycles. The van der Waals surface area contributed by atoms with E-state index in [2.05, 4.69) is 41.6 Å². The molecule has 1 aromatic rings. The zero-order valence-electron chi connectivity index (χ0n) is 10.8. The number of hydrogen-bond donors (Lipinski definition) is 2. The molecule has 0 fully saturated rings. The van der Waals surface area contributed by atoms with Gasteiger partial charge in [-0.3, -0.25) is 4.79 Å². The summed E-state index contributed by atoms with van der Waals surface area (Å²) in [5.74, 6) is -0.130. The highest BCUT2D eigenvalue weighted by atomic mass is 32.1. The van der Waals surface area contributed by atoms with Crippen LogP contribution in [0.25, 0.3) is 0 Å². The minimum absolute atomic E-state index is 0.122. The number of hydrogen-bond acceptors (Lipinski definition) is 5. The Morgan fingerprint density at radius 2 is 1.82 bits per heavy atom. The quantitative estimate of drug-likeness (QED) is 0.819. The molecule has 0 saturated carbocycles. The van der Waals surface area contributed by atoms with Crippen molar-refractivity contribution in [2.75, 3.05) is 12.4 Å². The first-order valence-corrected chi connectivity index (χ1v) is 6.76. The zero-order valence-corrected chi connectivity index (χ0v) is 11.6. The van der Waals surface area contributed by atoms with E-state index in [1.807, 2.05) is 0 Å². The van der Waals surface area contributed by atoms with E-state index >= 15 is 0 Å². The van der Waals surface area contributed by atoms with Crippen LogP contribution in [0, 0.1) is 0 Å². The number of nitrogens with zero attached hydrogens (tertiary/aromatic N) is 2. The molecule has 1 heterocycles. The molecule has 1 amide bonds. The molecular weight excluding hydrogens is 236 g/mol. The van der Waals surface area contributed by atoms with Gasteiger partial charge in [0.1, 0.15) is 0 Å². The number of aromatic nitrogens is 2. The molecule has 96 valence electrons. The number of anilines is 1. The summed E-state index contributed by atoms with van der Waals surface area (Å²) >= 11 is 1.27. The summed E-state index contributed by atoms with van der Waals surface area (Å²) < 4.78 is 0. The summed E-state index contributed by atoms with van der Waals surface area (Å²) in [7, 11) is 1.76. The second-order valence-corrected chi connectivity index (χ2v) is 4.94. The van der Waals surface area contributed by atoms with E-state index in [-0.39, 0.29) is 11.4 Å². The Kier molecular flexibility index (Phi) is 4.86. The molecule has 2 N–H and O–H groups in total. The summed E-state index contributed by atoms with van der Waals surface area (Å²) in [6, 6.07) is 0. The maximum Gasteiger partial charge on any atom is 0.282 e. The maximum absolute atomic E-state index is 12.0. The minimum atomic E-state index is -0.130. The summed E-state index contributed by atoms with van der Waals surface area (Å²) in [6.07, 6.45) is 2.76. The van der Waals surface area contributed by atoms with Crippen molar-refractivity contribution in [3.63, 3.8) is 0 Å². The normalized spacial score (nSPS) is 11.3. The van der Waals surface area contributed by atoms with Gasteiger partial charge in [0, 0.05) is 12.6 Å². The van der Waals surface area contributed by atoms with Gasteiger partial charge in [-0.15, -0.1) is 10.2 Å². The monoisotopic (exact) mass is 256 g/mol. The third-order valence-electron chi connectivity index (χ3n) is 3.24. The van der Waals surface area contributed by atoms with Crippen LogP contribution >= 0.6 is 11.3 Å². The second-order valence-electron chi connectivity index (χ2n) is 3.96. The van der Waals surface area contributed by atoms with Crippen molar-refractivity contribution >= 4 is 22.4 Å². The van der Waals surface area contributed by atoms with Crippen LogP contribution in [-0.2, 0) is 0 Å². The second kappa shape index (κ2) is 5.95. The Bertz CT molecular complexity index is 365. The van der Waals surface area contributed by atoms with Crippen molar-refractivity contribution in [3.05, 3.63) is 5.01 Å². The van der Waals surface area contributed by atoms with Crippen LogP contribution in [0.3, 0.4) is 0 Å². The van der Waals surface area contributed by atoms with Gasteiger partial charge < -0.3 is 10.6 Å². The van der Waals surface area contributed by atoms with Gasteiger partial charge in [0.05, 0.1) is 0 Å². The van der Waals surface area contributed by atoms with E-state index in [0.29, 0.717) is 10.1 Å². The molecule has 0 aliphatic heterocycles. The zero-order chi connectivity index (χ0) is 12.9. The molecule has 0 spiro atoms. The smallest absolute Gasteiger partial charge is 0.282 e. The van der Waals surface area contributed by atoms with Crippen LogP contribution in [0.2, 0.25) is 0 Å². The number of rotatable bonds is 6. The van der Waals surface area contributed by atoms with Crippen molar-refractivity contribution in [1.29, 1.82) is 0 Å². The number of carbonyl (C=O) groups is 1. The average Bonchev–Trinajstić information content (AvgIpc) is 2.85. The number of carbonyl (C=O) groups excluding carboxylic acids is 1. The minimum Gasteiger partial charge on any atom is -0.363 e. The van der Waals surface area contributed by atoms with E-state index < -0.39 is 0 Å². The van der Waals surface area contributed by atoms with Crippen LogP contribution in [0.1, 0.15) is 49.8 Å². The standard InChI is InChI=1S/C11H20N4OS/c1-5-11(6-2,7-3)13-8(16)9-14-15-10(12-4)17-9/h5-7H2,1-4H3,(H,12,15)(H,13,16). The Balaban J connectivity index is 2.77.